The van der Waals surface area contributed by atoms with E-state index in [4.69, 9.17) is 0 Å². The third-order valence-corrected chi connectivity index (χ3v) is 5.14. The van der Waals surface area contributed by atoms with Gasteiger partial charge < -0.3 is 10.2 Å². The largest absolute Gasteiger partial charge is 0.521 e. The van der Waals surface area contributed by atoms with Crippen LogP contribution in [0.25, 0.3) is 0 Å². The molecule has 2 amide bonds. The highest BCUT2D eigenvalue weighted by atomic mass is 32.1. The molecule has 6 heteroatoms. The Labute approximate surface area is 141 Å². The number of quaternary nitrogens is 1. The molecule has 0 bridgehead atoms. The maximum Gasteiger partial charge on any atom is 0.521 e. The van der Waals surface area contributed by atoms with Crippen molar-refractivity contribution in [1.82, 2.24) is 0 Å². The lowest BCUT2D eigenvalue weighted by Crippen LogP contribution is -2.59. The van der Waals surface area contributed by atoms with Crippen LogP contribution >= 0.6 is 12.6 Å². The van der Waals surface area contributed by atoms with Crippen LogP contribution in [0.4, 0.5) is 4.79 Å². The summed E-state index contributed by atoms with van der Waals surface area (Å²) in [5.41, 5.74) is 0.424. The van der Waals surface area contributed by atoms with Gasteiger partial charge in [-0.3, -0.25) is 0 Å². The van der Waals surface area contributed by atoms with Gasteiger partial charge in [0.1, 0.15) is 18.2 Å². The van der Waals surface area contributed by atoms with E-state index in [1.165, 1.54) is 0 Å². The van der Waals surface area contributed by atoms with Crippen LogP contribution in [0, 0.1) is 6.92 Å². The fourth-order valence-electron chi connectivity index (χ4n) is 3.48. The summed E-state index contributed by atoms with van der Waals surface area (Å²) in [5.74, 6) is 0.171. The van der Waals surface area contributed by atoms with Crippen LogP contribution in [0.3, 0.4) is 0 Å². The Morgan fingerprint density at radius 3 is 2.48 bits per heavy atom. The van der Waals surface area contributed by atoms with Crippen LogP contribution in [0.5, 0.6) is 0 Å². The van der Waals surface area contributed by atoms with Gasteiger partial charge in [-0.05, 0) is 31.6 Å². The van der Waals surface area contributed by atoms with Crippen LogP contribution in [0.2, 0.25) is 0 Å². The number of nitrogens with zero attached hydrogens (tertiary/aromatic N) is 1. The summed E-state index contributed by atoms with van der Waals surface area (Å²) in [7, 11) is 0. The Balaban J connectivity index is 2.37. The molecule has 2 N–H and O–H groups in total. The zero-order chi connectivity index (χ0) is 17.3. The molecule has 126 valence electrons. The van der Waals surface area contributed by atoms with E-state index < -0.39 is 22.2 Å². The highest BCUT2D eigenvalue weighted by Gasteiger charge is 2.61. The van der Waals surface area contributed by atoms with Crippen LogP contribution in [-0.4, -0.2) is 45.0 Å². The van der Waals surface area contributed by atoms with Gasteiger partial charge in [-0.25, -0.2) is 4.79 Å². The first-order chi connectivity index (χ1) is 10.8. The predicted octanol–water partition coefficient (Wildman–Crippen LogP) is 2.71. The molecule has 1 heterocycles. The van der Waals surface area contributed by atoms with Gasteiger partial charge in [0.05, 0.1) is 6.42 Å². The molecule has 0 saturated carbocycles. The molecule has 0 aliphatic carbocycles. The topological polar surface area (TPSA) is 74.6 Å². The van der Waals surface area contributed by atoms with Crippen molar-refractivity contribution in [2.45, 2.75) is 44.8 Å². The average Bonchev–Trinajstić information content (AvgIpc) is 2.78. The summed E-state index contributed by atoms with van der Waals surface area (Å²) in [4.78, 5) is 24.5. The molecular weight excluding hydrogens is 314 g/mol. The van der Waals surface area contributed by atoms with Gasteiger partial charge in [0.25, 0.3) is 0 Å². The number of amides is 2. The van der Waals surface area contributed by atoms with E-state index in [9.17, 15) is 19.8 Å². The van der Waals surface area contributed by atoms with Crippen molar-refractivity contribution in [3.05, 3.63) is 35.4 Å². The zero-order valence-corrected chi connectivity index (χ0v) is 14.4. The summed E-state index contributed by atoms with van der Waals surface area (Å²) in [6.45, 7) is 3.54. The van der Waals surface area contributed by atoms with Crippen molar-refractivity contribution >= 4 is 24.6 Å². The fourth-order valence-corrected chi connectivity index (χ4v) is 3.64. The second-order valence-corrected chi connectivity index (χ2v) is 6.93. The lowest BCUT2D eigenvalue weighted by molar-refractivity contribution is -0.796. The Kier molecular flexibility index (Phi) is 5.18. The number of benzene rings is 1. The van der Waals surface area contributed by atoms with Crippen LogP contribution in [0.15, 0.2) is 24.3 Å². The molecule has 3 atom stereocenters. The second-order valence-electron chi connectivity index (χ2n) is 6.48. The summed E-state index contributed by atoms with van der Waals surface area (Å²) in [6, 6.07) is 6.90. The minimum atomic E-state index is -1.30. The van der Waals surface area contributed by atoms with E-state index in [2.05, 4.69) is 12.6 Å². The van der Waals surface area contributed by atoms with E-state index in [0.29, 0.717) is 17.7 Å². The Bertz CT molecular complexity index is 603. The number of aliphatic hydroxyl groups is 1. The van der Waals surface area contributed by atoms with E-state index in [1.54, 1.807) is 6.92 Å². The number of imide groups is 1. The molecule has 1 aliphatic rings. The van der Waals surface area contributed by atoms with Gasteiger partial charge in [0.15, 0.2) is 0 Å². The smallest absolute Gasteiger partial charge is 0.435 e. The molecular formula is C17H24NO4S+. The summed E-state index contributed by atoms with van der Waals surface area (Å²) < 4.78 is -0.710. The number of carbonyl (C=O) groups excluding carboxylic acids is 1. The third kappa shape index (κ3) is 3.16. The average molecular weight is 338 g/mol. The summed E-state index contributed by atoms with van der Waals surface area (Å²) >= 11 is 4.08. The standard InChI is InChI=1S/C17H23NO4S/c1-12-5-7-14(8-6-12)17(22)10-13(2)18(11-17,16(20)21)15(19)4-3-9-23/h5-8,13,22H,3-4,9-11H2,1-2H3,(H-,20,21,23)/p+1/t13-,17?,18?/m1/s1. The first kappa shape index (κ1) is 18.0. The molecule has 5 nitrogen and oxygen atoms in total. The number of carboxylic acid groups (broad SMARTS) is 1. The van der Waals surface area contributed by atoms with Crippen molar-refractivity contribution in [2.75, 3.05) is 12.3 Å². The molecule has 2 unspecified atom stereocenters. The SMILES string of the molecule is Cc1ccc(C2(O)C[C@@H](C)[N+](C(=O)O)(C(=O)CCCS)C2)cc1. The first-order valence-corrected chi connectivity index (χ1v) is 8.44. The second kappa shape index (κ2) is 6.63. The van der Waals surface area contributed by atoms with Crippen molar-refractivity contribution in [2.24, 2.45) is 0 Å². The Morgan fingerprint density at radius 1 is 1.35 bits per heavy atom. The maximum atomic E-state index is 12.6. The molecule has 1 aliphatic heterocycles. The number of rotatable bonds is 4. The van der Waals surface area contributed by atoms with Crippen LogP contribution in [-0.2, 0) is 10.4 Å². The summed E-state index contributed by atoms with van der Waals surface area (Å²) in [6.07, 6.45) is -0.256. The molecule has 0 radical (unpaired) electrons. The normalized spacial score (nSPS) is 30.3. The number of aryl methyl sites for hydroxylation is 1. The molecule has 0 spiro atoms. The maximum absolute atomic E-state index is 12.6. The van der Waals surface area contributed by atoms with E-state index in [0.717, 1.165) is 5.56 Å². The van der Waals surface area contributed by atoms with E-state index in [1.807, 2.05) is 31.2 Å². The molecule has 0 aromatic heterocycles. The van der Waals surface area contributed by atoms with Crippen molar-refractivity contribution in [3.8, 4) is 0 Å². The van der Waals surface area contributed by atoms with Crippen LogP contribution < -0.4 is 0 Å². The predicted molar refractivity (Wildman–Crippen MR) is 90.4 cm³/mol. The molecule has 1 fully saturated rings. The van der Waals surface area contributed by atoms with Gasteiger partial charge in [0.2, 0.25) is 0 Å². The Hall–Kier alpha value is -1.37. The van der Waals surface area contributed by atoms with Gasteiger partial charge >= 0.3 is 12.0 Å². The van der Waals surface area contributed by atoms with Crippen molar-refractivity contribution in [1.29, 1.82) is 0 Å². The third-order valence-electron chi connectivity index (χ3n) is 4.82. The van der Waals surface area contributed by atoms with Crippen molar-refractivity contribution < 1.29 is 24.3 Å². The first-order valence-electron chi connectivity index (χ1n) is 7.81. The fraction of sp³-hybridized carbons (Fsp3) is 0.529. The Morgan fingerprint density at radius 2 is 1.96 bits per heavy atom. The van der Waals surface area contributed by atoms with E-state index in [-0.39, 0.29) is 25.3 Å². The lowest BCUT2D eigenvalue weighted by Gasteiger charge is -2.30. The molecule has 23 heavy (non-hydrogen) atoms. The number of carbonyl (C=O) groups is 2. The lowest BCUT2D eigenvalue weighted by atomic mass is 9.91. The van der Waals surface area contributed by atoms with Gasteiger partial charge in [-0.2, -0.15) is 21.9 Å². The highest BCUT2D eigenvalue weighted by Crippen LogP contribution is 2.41. The minimum absolute atomic E-state index is 0.127. The van der Waals surface area contributed by atoms with Crippen molar-refractivity contribution in [3.63, 3.8) is 0 Å². The summed E-state index contributed by atoms with van der Waals surface area (Å²) in [5, 5.41) is 20.8. The quantitative estimate of drug-likeness (QED) is 0.583. The highest BCUT2D eigenvalue weighted by molar-refractivity contribution is 7.80. The molecule has 2 rings (SSSR count). The zero-order valence-electron chi connectivity index (χ0n) is 13.5. The van der Waals surface area contributed by atoms with Crippen LogP contribution in [0.1, 0.15) is 37.3 Å². The van der Waals surface area contributed by atoms with Gasteiger partial charge in [0, 0.05) is 6.42 Å². The van der Waals surface area contributed by atoms with Gasteiger partial charge in [-0.15, -0.1) is 0 Å². The number of likely N-dealkylation sites (tertiary alicyclic amines) is 1. The number of hydrogen-bond acceptors (Lipinski definition) is 4. The molecule has 1 aromatic carbocycles. The monoisotopic (exact) mass is 338 g/mol. The number of thiol groups is 1. The van der Waals surface area contributed by atoms with Gasteiger partial charge in [-0.1, -0.05) is 29.8 Å². The number of hydrogen-bond donors (Lipinski definition) is 3. The van der Waals surface area contributed by atoms with E-state index >= 15 is 0 Å². The molecule has 1 aromatic rings. The molecule has 1 saturated heterocycles. The minimum Gasteiger partial charge on any atom is -0.435 e.